The smallest absolute Gasteiger partial charge is 0.358 e. The molecule has 2 amide bonds. The molecule has 10 nitrogen and oxygen atoms in total. The number of ether oxygens (including phenoxy) is 3. The Balaban J connectivity index is 1.80. The molecular weight excluding hydrogens is 440 g/mol. The van der Waals surface area contributed by atoms with E-state index in [0.29, 0.717) is 17.2 Å². The molecule has 4 rings (SSSR count). The predicted octanol–water partition coefficient (Wildman–Crippen LogP) is 2.55. The summed E-state index contributed by atoms with van der Waals surface area (Å²) in [7, 11) is 4.28. The van der Waals surface area contributed by atoms with Gasteiger partial charge in [0.1, 0.15) is 22.7 Å². The van der Waals surface area contributed by atoms with Gasteiger partial charge in [0.05, 0.1) is 33.6 Å². The van der Waals surface area contributed by atoms with Gasteiger partial charge in [-0.05, 0) is 19.8 Å². The van der Waals surface area contributed by atoms with Crippen LogP contribution in [0, 0.1) is 0 Å². The minimum Gasteiger partial charge on any atom is -0.497 e. The van der Waals surface area contributed by atoms with E-state index in [1.807, 2.05) is 0 Å². The monoisotopic (exact) mass is 470 g/mol. The van der Waals surface area contributed by atoms with E-state index in [-0.39, 0.29) is 29.9 Å². The fourth-order valence-corrected chi connectivity index (χ4v) is 4.70. The SMILES string of the molecule is COC(=O)c1cc2n(n1)C[C@](C)(C(=O)NC1CCCCC1)N(c1cc(OC)cc(OC)c1)C2=O. The van der Waals surface area contributed by atoms with Crippen molar-refractivity contribution in [3.63, 3.8) is 0 Å². The van der Waals surface area contributed by atoms with Gasteiger partial charge in [0, 0.05) is 30.3 Å². The van der Waals surface area contributed by atoms with Gasteiger partial charge >= 0.3 is 5.97 Å². The van der Waals surface area contributed by atoms with E-state index in [1.54, 1.807) is 25.1 Å². The Kier molecular flexibility index (Phi) is 6.49. The lowest BCUT2D eigenvalue weighted by atomic mass is 9.91. The number of nitrogens with zero attached hydrogens (tertiary/aromatic N) is 3. The van der Waals surface area contributed by atoms with Crippen molar-refractivity contribution in [3.05, 3.63) is 35.7 Å². The Morgan fingerprint density at radius 1 is 1.03 bits per heavy atom. The average molecular weight is 471 g/mol. The number of hydrogen-bond acceptors (Lipinski definition) is 7. The normalized spacial score (nSPS) is 20.5. The number of aromatic nitrogens is 2. The molecule has 0 radical (unpaired) electrons. The maximum Gasteiger partial charge on any atom is 0.358 e. The molecule has 1 saturated carbocycles. The Labute approximate surface area is 198 Å². The summed E-state index contributed by atoms with van der Waals surface area (Å²) in [5.41, 5.74) is -0.691. The van der Waals surface area contributed by atoms with Crippen LogP contribution in [0.2, 0.25) is 0 Å². The van der Waals surface area contributed by atoms with Crippen molar-refractivity contribution >= 4 is 23.5 Å². The first-order valence-corrected chi connectivity index (χ1v) is 11.4. The second kappa shape index (κ2) is 9.36. The zero-order chi connectivity index (χ0) is 24.5. The second-order valence-electron chi connectivity index (χ2n) is 8.86. The molecule has 2 heterocycles. The van der Waals surface area contributed by atoms with Crippen LogP contribution in [0.25, 0.3) is 0 Å². The number of esters is 1. The maximum atomic E-state index is 13.8. The van der Waals surface area contributed by atoms with Crippen LogP contribution in [0.3, 0.4) is 0 Å². The van der Waals surface area contributed by atoms with Crippen molar-refractivity contribution in [2.45, 2.75) is 57.2 Å². The first kappa shape index (κ1) is 23.6. The summed E-state index contributed by atoms with van der Waals surface area (Å²) in [6, 6.07) is 6.49. The summed E-state index contributed by atoms with van der Waals surface area (Å²) in [5.74, 6) is -0.448. The maximum absolute atomic E-state index is 13.8. The van der Waals surface area contributed by atoms with Gasteiger partial charge in [0.25, 0.3) is 5.91 Å². The average Bonchev–Trinajstić information content (AvgIpc) is 3.28. The number of methoxy groups -OCH3 is 3. The molecule has 1 aromatic heterocycles. The first-order valence-electron chi connectivity index (χ1n) is 11.4. The third-order valence-electron chi connectivity index (χ3n) is 6.57. The lowest BCUT2D eigenvalue weighted by Crippen LogP contribution is -2.65. The van der Waals surface area contributed by atoms with Gasteiger partial charge < -0.3 is 19.5 Å². The standard InChI is InChI=1S/C24H30N4O6/c1-24(23(31)25-15-8-6-5-7-9-15)14-27-20(13-19(26-27)22(30)34-4)21(29)28(24)16-10-17(32-2)12-18(11-16)33-3/h10-13,15H,5-9,14H2,1-4H3,(H,25,31)/t24-/m1/s1. The number of fused-ring (bicyclic) bond motifs is 1. The Hall–Kier alpha value is -3.56. The van der Waals surface area contributed by atoms with Crippen LogP contribution in [0.5, 0.6) is 11.5 Å². The Bertz CT molecular complexity index is 1080. The molecule has 1 aliphatic carbocycles. The lowest BCUT2D eigenvalue weighted by molar-refractivity contribution is -0.127. The molecule has 10 heteroatoms. The van der Waals surface area contributed by atoms with Gasteiger partial charge in [-0.2, -0.15) is 5.10 Å². The first-order chi connectivity index (χ1) is 16.3. The largest absolute Gasteiger partial charge is 0.497 e. The minimum absolute atomic E-state index is 0.00552. The van der Waals surface area contributed by atoms with Gasteiger partial charge in [-0.3, -0.25) is 19.2 Å². The molecule has 1 fully saturated rings. The minimum atomic E-state index is -1.32. The highest BCUT2D eigenvalue weighted by Gasteiger charge is 2.49. The summed E-state index contributed by atoms with van der Waals surface area (Å²) >= 11 is 0. The van der Waals surface area contributed by atoms with E-state index in [9.17, 15) is 14.4 Å². The summed E-state index contributed by atoms with van der Waals surface area (Å²) in [4.78, 5) is 41.1. The molecule has 0 bridgehead atoms. The second-order valence-corrected chi connectivity index (χ2v) is 8.86. The molecular formula is C24H30N4O6. The molecule has 2 aliphatic rings. The molecule has 1 aliphatic heterocycles. The van der Waals surface area contributed by atoms with Gasteiger partial charge in [-0.1, -0.05) is 19.3 Å². The van der Waals surface area contributed by atoms with Crippen LogP contribution < -0.4 is 19.7 Å². The fourth-order valence-electron chi connectivity index (χ4n) is 4.70. The van der Waals surface area contributed by atoms with Crippen LogP contribution in [0.15, 0.2) is 24.3 Å². The van der Waals surface area contributed by atoms with Gasteiger partial charge in [0.2, 0.25) is 5.91 Å². The van der Waals surface area contributed by atoms with Crippen molar-refractivity contribution in [1.82, 2.24) is 15.1 Å². The van der Waals surface area contributed by atoms with Gasteiger partial charge in [-0.15, -0.1) is 0 Å². The van der Waals surface area contributed by atoms with Crippen LogP contribution in [0.1, 0.15) is 60.0 Å². The van der Waals surface area contributed by atoms with E-state index in [4.69, 9.17) is 14.2 Å². The number of carbonyl (C=O) groups excluding carboxylic acids is 3. The molecule has 1 N–H and O–H groups in total. The Morgan fingerprint density at radius 2 is 1.68 bits per heavy atom. The van der Waals surface area contributed by atoms with E-state index < -0.39 is 17.4 Å². The topological polar surface area (TPSA) is 112 Å². The quantitative estimate of drug-likeness (QED) is 0.646. The molecule has 182 valence electrons. The van der Waals surface area contributed by atoms with Gasteiger partial charge in [-0.25, -0.2) is 4.79 Å². The van der Waals surface area contributed by atoms with Gasteiger partial charge in [0.15, 0.2) is 5.69 Å². The van der Waals surface area contributed by atoms with Crippen molar-refractivity contribution in [2.24, 2.45) is 0 Å². The predicted molar refractivity (Wildman–Crippen MR) is 123 cm³/mol. The highest BCUT2D eigenvalue weighted by molar-refractivity contribution is 6.12. The van der Waals surface area contributed by atoms with Crippen molar-refractivity contribution in [3.8, 4) is 11.5 Å². The van der Waals surface area contributed by atoms with E-state index in [2.05, 4.69) is 10.4 Å². The summed E-state index contributed by atoms with van der Waals surface area (Å²) in [5, 5.41) is 7.41. The van der Waals surface area contributed by atoms with Crippen LogP contribution in [-0.4, -0.2) is 60.5 Å². The zero-order valence-electron chi connectivity index (χ0n) is 19.9. The summed E-state index contributed by atoms with van der Waals surface area (Å²) in [6.45, 7) is 1.76. The number of nitrogens with one attached hydrogen (secondary N) is 1. The third-order valence-corrected chi connectivity index (χ3v) is 6.57. The van der Waals surface area contributed by atoms with E-state index in [0.717, 1.165) is 32.1 Å². The molecule has 34 heavy (non-hydrogen) atoms. The van der Waals surface area contributed by atoms with Crippen molar-refractivity contribution in [2.75, 3.05) is 26.2 Å². The van der Waals surface area contributed by atoms with Crippen molar-refractivity contribution in [1.29, 1.82) is 0 Å². The molecule has 1 atom stereocenters. The van der Waals surface area contributed by atoms with Crippen LogP contribution in [0.4, 0.5) is 5.69 Å². The highest BCUT2D eigenvalue weighted by Crippen LogP contribution is 2.37. The Morgan fingerprint density at radius 3 is 2.26 bits per heavy atom. The molecule has 0 unspecified atom stereocenters. The number of carbonyl (C=O) groups is 3. The number of hydrogen-bond donors (Lipinski definition) is 1. The number of amides is 2. The molecule has 2 aromatic rings. The summed E-state index contributed by atoms with van der Waals surface area (Å²) < 4.78 is 17.0. The fraction of sp³-hybridized carbons (Fsp3) is 0.500. The number of rotatable bonds is 6. The lowest BCUT2D eigenvalue weighted by Gasteiger charge is -2.44. The summed E-state index contributed by atoms with van der Waals surface area (Å²) in [6.07, 6.45) is 5.09. The number of benzene rings is 1. The highest BCUT2D eigenvalue weighted by atomic mass is 16.5. The molecule has 1 aromatic carbocycles. The molecule has 0 saturated heterocycles. The van der Waals surface area contributed by atoms with Crippen molar-refractivity contribution < 1.29 is 28.6 Å². The third kappa shape index (κ3) is 4.20. The van der Waals surface area contributed by atoms with E-state index >= 15 is 0 Å². The number of anilines is 1. The van der Waals surface area contributed by atoms with E-state index in [1.165, 1.54) is 37.0 Å². The molecule has 0 spiro atoms. The zero-order valence-corrected chi connectivity index (χ0v) is 19.9. The van der Waals surface area contributed by atoms with Crippen LogP contribution >= 0.6 is 0 Å². The van der Waals surface area contributed by atoms with Crippen LogP contribution in [-0.2, 0) is 16.1 Å².